The Morgan fingerprint density at radius 3 is 1.80 bits per heavy atom. The summed E-state index contributed by atoms with van der Waals surface area (Å²) in [6.45, 7) is 3.65. The van der Waals surface area contributed by atoms with Crippen LogP contribution in [0.15, 0.2) is 9.81 Å². The fraction of sp³-hybridized carbons (Fsp3) is 0.714. The first-order chi connectivity index (χ1) is 6.89. The predicted molar refractivity (Wildman–Crippen MR) is 65.1 cm³/mol. The second-order valence-corrected chi connectivity index (χ2v) is 6.32. The van der Waals surface area contributed by atoms with Gasteiger partial charge in [0, 0.05) is 0 Å². The Bertz CT molecular complexity index is 265. The number of halogens is 4. The van der Waals surface area contributed by atoms with Gasteiger partial charge in [-0.05, 0) is 13.8 Å². The molecule has 0 N–H and O–H groups in total. The van der Waals surface area contributed by atoms with Gasteiger partial charge in [-0.3, -0.25) is 4.57 Å². The van der Waals surface area contributed by atoms with Crippen LogP contribution >= 0.6 is 54.0 Å². The van der Waals surface area contributed by atoms with Gasteiger partial charge < -0.3 is 9.05 Å². The summed E-state index contributed by atoms with van der Waals surface area (Å²) in [5.41, 5.74) is 0. The molecule has 0 unspecified atom stereocenters. The molecule has 15 heavy (non-hydrogen) atoms. The fourth-order valence-corrected chi connectivity index (χ4v) is 4.30. The lowest BCUT2D eigenvalue weighted by molar-refractivity contribution is 0.226. The van der Waals surface area contributed by atoms with Crippen LogP contribution in [0.5, 0.6) is 0 Å². The molecule has 90 valence electrons. The van der Waals surface area contributed by atoms with Crippen molar-refractivity contribution in [2.24, 2.45) is 0 Å². The molecule has 0 radical (unpaired) electrons. The van der Waals surface area contributed by atoms with E-state index in [0.29, 0.717) is 0 Å². The Balaban J connectivity index is 5.21. The van der Waals surface area contributed by atoms with Crippen molar-refractivity contribution in [1.82, 2.24) is 0 Å². The first-order valence-corrected chi connectivity index (χ1v) is 7.29. The zero-order chi connectivity index (χ0) is 12.1. The summed E-state index contributed by atoms with van der Waals surface area (Å²) >= 11 is 22.3. The van der Waals surface area contributed by atoms with Crippen molar-refractivity contribution in [2.45, 2.75) is 18.7 Å². The van der Waals surface area contributed by atoms with Crippen LogP contribution < -0.4 is 0 Å². The molecule has 0 fully saturated rings. The van der Waals surface area contributed by atoms with Crippen LogP contribution in [0.25, 0.3) is 0 Å². The Labute approximate surface area is 109 Å². The number of hydrogen-bond donors (Lipinski definition) is 0. The summed E-state index contributed by atoms with van der Waals surface area (Å²) in [6, 6.07) is 0. The summed E-state index contributed by atoms with van der Waals surface area (Å²) in [6.07, 6.45) is 0. The average molecular weight is 316 g/mol. The van der Waals surface area contributed by atoms with E-state index in [-0.39, 0.29) is 23.0 Å². The van der Waals surface area contributed by atoms with Gasteiger partial charge in [0.1, 0.15) is 14.6 Å². The normalized spacial score (nSPS) is 11.9. The van der Waals surface area contributed by atoms with Crippen molar-refractivity contribution in [1.29, 1.82) is 0 Å². The minimum atomic E-state index is -3.59. The molecule has 0 atom stereocenters. The van der Waals surface area contributed by atoms with Gasteiger partial charge in [0.05, 0.1) is 13.2 Å². The van der Waals surface area contributed by atoms with E-state index in [1.54, 1.807) is 13.8 Å². The molecule has 0 aliphatic rings. The second-order valence-electron chi connectivity index (χ2n) is 2.28. The molecule has 0 spiro atoms. The van der Waals surface area contributed by atoms with E-state index in [0.717, 1.165) is 0 Å². The first kappa shape index (κ1) is 16.1. The topological polar surface area (TPSA) is 35.5 Å². The minimum Gasteiger partial charge on any atom is -0.306 e. The number of alkyl halides is 2. The molecular formula is C7H11Cl4O3P. The summed E-state index contributed by atoms with van der Waals surface area (Å²) in [4.78, 5) is -1.14. The maximum Gasteiger partial charge on any atom is 0.362 e. The van der Waals surface area contributed by atoms with Gasteiger partial charge in [0.15, 0.2) is 0 Å². The highest BCUT2D eigenvalue weighted by Crippen LogP contribution is 2.60. The van der Waals surface area contributed by atoms with E-state index in [9.17, 15) is 4.57 Å². The number of rotatable bonds is 6. The number of allylic oxidation sites excluding steroid dienone is 1. The van der Waals surface area contributed by atoms with Gasteiger partial charge in [0.2, 0.25) is 0 Å². The van der Waals surface area contributed by atoms with Crippen LogP contribution in [0.3, 0.4) is 0 Å². The van der Waals surface area contributed by atoms with Gasteiger partial charge in [0.25, 0.3) is 0 Å². The lowest BCUT2D eigenvalue weighted by atomic mass is 10.7. The monoisotopic (exact) mass is 314 g/mol. The third kappa shape index (κ3) is 4.82. The highest BCUT2D eigenvalue weighted by atomic mass is 35.5. The van der Waals surface area contributed by atoms with E-state index in [1.165, 1.54) is 0 Å². The SMILES string of the molecule is CCOP(=O)(OCC)C(=C(Cl)Cl)C(Cl)Cl. The lowest BCUT2D eigenvalue weighted by Gasteiger charge is -2.20. The quantitative estimate of drug-likeness (QED) is 0.526. The third-order valence-corrected chi connectivity index (χ3v) is 4.97. The molecule has 0 heterocycles. The van der Waals surface area contributed by atoms with E-state index < -0.39 is 12.4 Å². The van der Waals surface area contributed by atoms with Crippen LogP contribution in [-0.2, 0) is 13.6 Å². The predicted octanol–water partition coefficient (Wildman–Crippen LogP) is 4.70. The molecular weight excluding hydrogens is 305 g/mol. The van der Waals surface area contributed by atoms with Crippen molar-refractivity contribution in [3.8, 4) is 0 Å². The molecule has 0 aliphatic carbocycles. The Morgan fingerprint density at radius 2 is 1.60 bits per heavy atom. The van der Waals surface area contributed by atoms with E-state index >= 15 is 0 Å². The minimum absolute atomic E-state index is 0.127. The van der Waals surface area contributed by atoms with Crippen LogP contribution in [0, 0.1) is 0 Å². The average Bonchev–Trinajstić information content (AvgIpc) is 2.02. The molecule has 0 amide bonds. The van der Waals surface area contributed by atoms with Crippen LogP contribution in [0.2, 0.25) is 0 Å². The van der Waals surface area contributed by atoms with E-state index in [2.05, 4.69) is 0 Å². The smallest absolute Gasteiger partial charge is 0.306 e. The largest absolute Gasteiger partial charge is 0.362 e. The van der Waals surface area contributed by atoms with Gasteiger partial charge in [-0.1, -0.05) is 46.4 Å². The summed E-state index contributed by atoms with van der Waals surface area (Å²) in [7, 11) is -3.59. The molecule has 0 rings (SSSR count). The van der Waals surface area contributed by atoms with E-state index in [4.69, 9.17) is 55.5 Å². The molecule has 0 bridgehead atoms. The zero-order valence-corrected chi connectivity index (χ0v) is 12.1. The van der Waals surface area contributed by atoms with E-state index in [1.807, 2.05) is 0 Å². The van der Waals surface area contributed by atoms with Crippen molar-refractivity contribution in [2.75, 3.05) is 13.2 Å². The lowest BCUT2D eigenvalue weighted by Crippen LogP contribution is -2.04. The van der Waals surface area contributed by atoms with Gasteiger partial charge in [-0.2, -0.15) is 0 Å². The van der Waals surface area contributed by atoms with Crippen molar-refractivity contribution in [3.63, 3.8) is 0 Å². The standard InChI is InChI=1S/C7H11Cl4O3P/c1-3-13-15(12,14-4-2)5(6(8)9)7(10)11/h6H,3-4H2,1-2H3. The Hall–Kier alpha value is 1.05. The summed E-state index contributed by atoms with van der Waals surface area (Å²) in [5.74, 6) is 0. The Kier molecular flexibility index (Phi) is 7.91. The highest BCUT2D eigenvalue weighted by Gasteiger charge is 2.36. The van der Waals surface area contributed by atoms with Crippen molar-refractivity contribution in [3.05, 3.63) is 9.81 Å². The van der Waals surface area contributed by atoms with Crippen LogP contribution in [0.4, 0.5) is 0 Å². The van der Waals surface area contributed by atoms with Crippen molar-refractivity contribution < 1.29 is 13.6 Å². The molecule has 0 saturated heterocycles. The highest BCUT2D eigenvalue weighted by molar-refractivity contribution is 7.59. The first-order valence-electron chi connectivity index (χ1n) is 4.12. The zero-order valence-electron chi connectivity index (χ0n) is 8.18. The third-order valence-electron chi connectivity index (χ3n) is 1.29. The molecule has 0 aromatic rings. The second kappa shape index (κ2) is 7.39. The van der Waals surface area contributed by atoms with Crippen LogP contribution in [-0.4, -0.2) is 18.1 Å². The van der Waals surface area contributed by atoms with Gasteiger partial charge >= 0.3 is 7.60 Å². The molecule has 0 aromatic heterocycles. The molecule has 0 saturated carbocycles. The molecule has 3 nitrogen and oxygen atoms in total. The summed E-state index contributed by atoms with van der Waals surface area (Å²) < 4.78 is 21.8. The Morgan fingerprint density at radius 1 is 1.20 bits per heavy atom. The summed E-state index contributed by atoms with van der Waals surface area (Å²) in [5, 5.41) is -0.127. The number of hydrogen-bond acceptors (Lipinski definition) is 3. The molecule has 0 aliphatic heterocycles. The maximum absolute atomic E-state index is 12.2. The van der Waals surface area contributed by atoms with Gasteiger partial charge in [-0.15, -0.1) is 0 Å². The van der Waals surface area contributed by atoms with Crippen LogP contribution in [0.1, 0.15) is 13.8 Å². The fourth-order valence-electron chi connectivity index (χ4n) is 0.822. The molecule has 0 aromatic carbocycles. The van der Waals surface area contributed by atoms with Gasteiger partial charge in [-0.25, -0.2) is 0 Å². The molecule has 8 heteroatoms. The maximum atomic E-state index is 12.2. The van der Waals surface area contributed by atoms with Crippen molar-refractivity contribution >= 4 is 54.0 Å².